The third-order valence-corrected chi connectivity index (χ3v) is 5.65. The van der Waals surface area contributed by atoms with Crippen LogP contribution in [0.2, 0.25) is 0 Å². The lowest BCUT2D eigenvalue weighted by Gasteiger charge is -2.23. The number of hydrazone groups is 1. The number of rotatable bonds is 5. The molecule has 3 amide bonds. The van der Waals surface area contributed by atoms with E-state index in [1.807, 2.05) is 25.1 Å². The molecule has 7 heteroatoms. The van der Waals surface area contributed by atoms with Crippen molar-refractivity contribution in [1.29, 1.82) is 0 Å². The molecule has 0 aromatic heterocycles. The minimum absolute atomic E-state index is 0.154. The number of amides is 3. The summed E-state index contributed by atoms with van der Waals surface area (Å²) in [4.78, 5) is 38.0. The van der Waals surface area contributed by atoms with Gasteiger partial charge >= 0.3 is 0 Å². The average molecular weight is 418 g/mol. The lowest BCUT2D eigenvalue weighted by Crippen LogP contribution is -2.37. The first-order valence-corrected chi connectivity index (χ1v) is 10.7. The molecule has 2 aromatic carbocycles. The van der Waals surface area contributed by atoms with Gasteiger partial charge in [0.1, 0.15) is 5.71 Å². The van der Waals surface area contributed by atoms with Crippen LogP contribution in [0.25, 0.3) is 0 Å². The molecular formula is C24H26N4O3. The molecule has 4 rings (SSSR count). The van der Waals surface area contributed by atoms with Crippen molar-refractivity contribution in [3.05, 3.63) is 59.7 Å². The van der Waals surface area contributed by atoms with Crippen molar-refractivity contribution in [2.45, 2.75) is 51.5 Å². The maximum absolute atomic E-state index is 12.9. The minimum atomic E-state index is -0.411. The molecule has 2 N–H and O–H groups in total. The first-order valence-electron chi connectivity index (χ1n) is 10.7. The molecule has 0 atom stereocenters. The molecule has 1 aliphatic carbocycles. The zero-order valence-electron chi connectivity index (χ0n) is 17.6. The van der Waals surface area contributed by atoms with Gasteiger partial charge in [0.05, 0.1) is 16.9 Å². The summed E-state index contributed by atoms with van der Waals surface area (Å²) in [5, 5.41) is 11.5. The highest BCUT2D eigenvalue weighted by Gasteiger charge is 2.27. The molecule has 0 spiro atoms. The lowest BCUT2D eigenvalue weighted by atomic mass is 10.1. The molecule has 0 saturated heterocycles. The minimum Gasteiger partial charge on any atom is -0.349 e. The Kier molecular flexibility index (Phi) is 6.11. The summed E-state index contributed by atoms with van der Waals surface area (Å²) in [5.41, 5.74) is 2.74. The maximum atomic E-state index is 12.9. The van der Waals surface area contributed by atoms with Gasteiger partial charge in [-0.1, -0.05) is 37.1 Å². The van der Waals surface area contributed by atoms with Crippen LogP contribution in [0.1, 0.15) is 54.4 Å². The fourth-order valence-corrected chi connectivity index (χ4v) is 4.00. The Balaban J connectivity index is 1.52. The zero-order valence-corrected chi connectivity index (χ0v) is 17.6. The molecule has 1 aliphatic heterocycles. The van der Waals surface area contributed by atoms with E-state index in [4.69, 9.17) is 0 Å². The van der Waals surface area contributed by atoms with E-state index in [1.165, 1.54) is 5.01 Å². The molecule has 1 saturated carbocycles. The molecule has 1 fully saturated rings. The normalized spacial score (nSPS) is 16.7. The van der Waals surface area contributed by atoms with Crippen LogP contribution in [0.5, 0.6) is 0 Å². The molecule has 0 bridgehead atoms. The van der Waals surface area contributed by atoms with E-state index in [1.54, 1.807) is 30.3 Å². The van der Waals surface area contributed by atoms with E-state index < -0.39 is 5.91 Å². The van der Waals surface area contributed by atoms with Crippen LogP contribution >= 0.6 is 0 Å². The maximum Gasteiger partial charge on any atom is 0.271 e. The number of nitrogens with one attached hydrogen (secondary N) is 2. The van der Waals surface area contributed by atoms with Crippen LogP contribution in [-0.4, -0.2) is 29.5 Å². The van der Waals surface area contributed by atoms with Crippen LogP contribution in [-0.2, 0) is 9.59 Å². The summed E-state index contributed by atoms with van der Waals surface area (Å²) in [6.45, 7) is 1.93. The third kappa shape index (κ3) is 4.82. The second-order valence-corrected chi connectivity index (χ2v) is 8.05. The number of hydrogen-bond acceptors (Lipinski definition) is 4. The van der Waals surface area contributed by atoms with Gasteiger partial charge in [-0.25, -0.2) is 5.01 Å². The van der Waals surface area contributed by atoms with Gasteiger partial charge in [-0.05, 0) is 49.6 Å². The van der Waals surface area contributed by atoms with E-state index in [2.05, 4.69) is 15.7 Å². The number of carbonyl (C=O) groups is 3. The van der Waals surface area contributed by atoms with Gasteiger partial charge in [0, 0.05) is 18.9 Å². The number of aryl methyl sites for hydroxylation is 1. The smallest absolute Gasteiger partial charge is 0.271 e. The molecule has 1 heterocycles. The second-order valence-electron chi connectivity index (χ2n) is 8.05. The standard InChI is InChI=1S/C24H26N4O3/c1-16-7-6-10-18(15-16)28-22(29)14-13-21(27-28)24(31)26-20-12-5-4-11-19(20)23(30)25-17-8-2-3-9-17/h4-7,10-12,15,17H,2-3,8-9,13-14H2,1H3,(H,25,30)(H,26,31). The van der Waals surface area contributed by atoms with Gasteiger partial charge in [0.2, 0.25) is 5.91 Å². The first-order chi connectivity index (χ1) is 15.0. The molecule has 31 heavy (non-hydrogen) atoms. The van der Waals surface area contributed by atoms with Crippen molar-refractivity contribution in [3.8, 4) is 0 Å². The average Bonchev–Trinajstić information content (AvgIpc) is 3.27. The lowest BCUT2D eigenvalue weighted by molar-refractivity contribution is -0.118. The highest BCUT2D eigenvalue weighted by Crippen LogP contribution is 2.23. The zero-order chi connectivity index (χ0) is 21.8. The Hall–Kier alpha value is -3.48. The summed E-state index contributed by atoms with van der Waals surface area (Å²) in [6.07, 6.45) is 4.67. The fourth-order valence-electron chi connectivity index (χ4n) is 4.00. The molecule has 0 radical (unpaired) electrons. The fraction of sp³-hybridized carbons (Fsp3) is 0.333. The molecule has 2 aromatic rings. The number of para-hydroxylation sites is 1. The van der Waals surface area contributed by atoms with Crippen molar-refractivity contribution in [2.75, 3.05) is 10.3 Å². The van der Waals surface area contributed by atoms with Gasteiger partial charge in [0.25, 0.3) is 11.8 Å². The van der Waals surface area contributed by atoms with Crippen molar-refractivity contribution in [2.24, 2.45) is 5.10 Å². The number of carbonyl (C=O) groups excluding carboxylic acids is 3. The summed E-state index contributed by atoms with van der Waals surface area (Å²) < 4.78 is 0. The van der Waals surface area contributed by atoms with Crippen molar-refractivity contribution >= 4 is 34.8 Å². The second kappa shape index (κ2) is 9.12. The summed E-state index contributed by atoms with van der Waals surface area (Å²) in [7, 11) is 0. The molecule has 7 nitrogen and oxygen atoms in total. The third-order valence-electron chi connectivity index (χ3n) is 5.65. The summed E-state index contributed by atoms with van der Waals surface area (Å²) >= 11 is 0. The highest BCUT2D eigenvalue weighted by atomic mass is 16.2. The van der Waals surface area contributed by atoms with E-state index in [9.17, 15) is 14.4 Å². The largest absolute Gasteiger partial charge is 0.349 e. The molecular weight excluding hydrogens is 392 g/mol. The summed E-state index contributed by atoms with van der Waals surface area (Å²) in [5.74, 6) is -0.755. The SMILES string of the molecule is Cc1cccc(N2N=C(C(=O)Nc3ccccc3C(=O)NC3CCCC3)CCC2=O)c1. The molecule has 2 aliphatic rings. The van der Waals surface area contributed by atoms with Crippen molar-refractivity contribution in [3.63, 3.8) is 0 Å². The number of nitrogens with zero attached hydrogens (tertiary/aromatic N) is 2. The van der Waals surface area contributed by atoms with Gasteiger partial charge in [-0.3, -0.25) is 14.4 Å². The van der Waals surface area contributed by atoms with E-state index in [-0.39, 0.29) is 36.4 Å². The predicted molar refractivity (Wildman–Crippen MR) is 120 cm³/mol. The van der Waals surface area contributed by atoms with Crippen LogP contribution < -0.4 is 15.6 Å². The Labute approximate surface area is 181 Å². The van der Waals surface area contributed by atoms with Crippen molar-refractivity contribution in [1.82, 2.24) is 5.32 Å². The number of anilines is 2. The Morgan fingerprint density at radius 3 is 2.55 bits per heavy atom. The van der Waals surface area contributed by atoms with E-state index in [0.717, 1.165) is 31.2 Å². The van der Waals surface area contributed by atoms with Gasteiger partial charge in [0.15, 0.2) is 0 Å². The van der Waals surface area contributed by atoms with Crippen LogP contribution in [0.3, 0.4) is 0 Å². The quantitative estimate of drug-likeness (QED) is 0.774. The Bertz CT molecular complexity index is 1040. The monoisotopic (exact) mass is 418 g/mol. The number of hydrogen-bond donors (Lipinski definition) is 2. The van der Waals surface area contributed by atoms with Crippen LogP contribution in [0.4, 0.5) is 11.4 Å². The topological polar surface area (TPSA) is 90.9 Å². The van der Waals surface area contributed by atoms with Crippen LogP contribution in [0.15, 0.2) is 53.6 Å². The first kappa shape index (κ1) is 20.8. The van der Waals surface area contributed by atoms with E-state index >= 15 is 0 Å². The predicted octanol–water partition coefficient (Wildman–Crippen LogP) is 3.79. The molecule has 160 valence electrons. The molecule has 0 unspecified atom stereocenters. The summed E-state index contributed by atoms with van der Waals surface area (Å²) in [6, 6.07) is 14.6. The van der Waals surface area contributed by atoms with Gasteiger partial charge in [-0.2, -0.15) is 5.10 Å². The highest BCUT2D eigenvalue weighted by molar-refractivity contribution is 6.44. The Morgan fingerprint density at radius 1 is 1.00 bits per heavy atom. The van der Waals surface area contributed by atoms with Crippen molar-refractivity contribution < 1.29 is 14.4 Å². The Morgan fingerprint density at radius 2 is 1.77 bits per heavy atom. The van der Waals surface area contributed by atoms with Gasteiger partial charge < -0.3 is 10.6 Å². The van der Waals surface area contributed by atoms with Gasteiger partial charge in [-0.15, -0.1) is 0 Å². The van der Waals surface area contributed by atoms with E-state index in [0.29, 0.717) is 16.9 Å². The van der Waals surface area contributed by atoms with Crippen LogP contribution in [0, 0.1) is 6.92 Å². The number of benzene rings is 2.